The van der Waals surface area contributed by atoms with Crippen molar-refractivity contribution in [3.63, 3.8) is 0 Å². The number of ether oxygens (including phenoxy) is 1. The van der Waals surface area contributed by atoms with Crippen molar-refractivity contribution in [3.8, 4) is 0 Å². The lowest BCUT2D eigenvalue weighted by molar-refractivity contribution is 0.0302. The first-order valence-electron chi connectivity index (χ1n) is 5.83. The summed E-state index contributed by atoms with van der Waals surface area (Å²) >= 11 is 0. The fourth-order valence-electron chi connectivity index (χ4n) is 2.63. The average Bonchev–Trinajstić information content (AvgIpc) is 2.68. The van der Waals surface area contributed by atoms with E-state index in [9.17, 15) is 4.79 Å². The van der Waals surface area contributed by atoms with E-state index >= 15 is 0 Å². The van der Waals surface area contributed by atoms with Crippen LogP contribution in [0.3, 0.4) is 0 Å². The van der Waals surface area contributed by atoms with E-state index in [0.29, 0.717) is 5.69 Å². The highest BCUT2D eigenvalue weighted by molar-refractivity contribution is 5.92. The predicted molar refractivity (Wildman–Crippen MR) is 61.3 cm³/mol. The van der Waals surface area contributed by atoms with E-state index in [4.69, 9.17) is 9.84 Å². The molecule has 3 heterocycles. The number of hydrogen-bond donors (Lipinski definition) is 1. The van der Waals surface area contributed by atoms with Crippen LogP contribution in [0.1, 0.15) is 23.3 Å². The normalized spacial score (nSPS) is 27.2. The molecular weight excluding hydrogens is 220 g/mol. The summed E-state index contributed by atoms with van der Waals surface area (Å²) < 4.78 is 5.74. The Morgan fingerprint density at radius 2 is 2.12 bits per heavy atom. The Labute approximate surface area is 99.0 Å². The Morgan fingerprint density at radius 1 is 1.41 bits per heavy atom. The number of aromatic carboxylic acids is 1. The SMILES string of the molecule is O=C(O)c1ncccc1N1CC2CCC(C1)O2. The monoisotopic (exact) mass is 234 g/mol. The van der Waals surface area contributed by atoms with Crippen molar-refractivity contribution < 1.29 is 14.6 Å². The highest BCUT2D eigenvalue weighted by atomic mass is 16.5. The van der Waals surface area contributed by atoms with E-state index in [1.807, 2.05) is 6.07 Å². The minimum Gasteiger partial charge on any atom is -0.476 e. The maximum atomic E-state index is 11.1. The highest BCUT2D eigenvalue weighted by Crippen LogP contribution is 2.30. The zero-order valence-electron chi connectivity index (χ0n) is 9.37. The molecule has 5 heteroatoms. The number of hydrogen-bond acceptors (Lipinski definition) is 4. The first-order valence-corrected chi connectivity index (χ1v) is 5.83. The van der Waals surface area contributed by atoms with E-state index in [1.165, 1.54) is 6.20 Å². The van der Waals surface area contributed by atoms with Crippen LogP contribution in [0.15, 0.2) is 18.3 Å². The van der Waals surface area contributed by atoms with Gasteiger partial charge in [0.2, 0.25) is 0 Å². The van der Waals surface area contributed by atoms with Crippen LogP contribution in [0.5, 0.6) is 0 Å². The molecule has 1 aromatic heterocycles. The molecule has 90 valence electrons. The van der Waals surface area contributed by atoms with Crippen molar-refractivity contribution in [2.45, 2.75) is 25.0 Å². The summed E-state index contributed by atoms with van der Waals surface area (Å²) in [4.78, 5) is 17.2. The number of carboxylic acid groups (broad SMARTS) is 1. The van der Waals surface area contributed by atoms with E-state index in [0.717, 1.165) is 25.9 Å². The molecule has 2 saturated heterocycles. The smallest absolute Gasteiger partial charge is 0.356 e. The number of nitrogens with zero attached hydrogens (tertiary/aromatic N) is 2. The zero-order valence-corrected chi connectivity index (χ0v) is 9.37. The van der Waals surface area contributed by atoms with Crippen LogP contribution < -0.4 is 4.90 Å². The lowest BCUT2D eigenvalue weighted by Gasteiger charge is -2.34. The topological polar surface area (TPSA) is 62.7 Å². The molecule has 0 radical (unpaired) electrons. The van der Waals surface area contributed by atoms with Crippen LogP contribution in [0.2, 0.25) is 0 Å². The Kier molecular flexibility index (Phi) is 2.48. The zero-order chi connectivity index (χ0) is 11.8. The van der Waals surface area contributed by atoms with Gasteiger partial charge in [0.25, 0.3) is 0 Å². The third-order valence-electron chi connectivity index (χ3n) is 3.37. The van der Waals surface area contributed by atoms with Crippen molar-refractivity contribution in [1.29, 1.82) is 0 Å². The largest absolute Gasteiger partial charge is 0.476 e. The van der Waals surface area contributed by atoms with Gasteiger partial charge in [-0.25, -0.2) is 9.78 Å². The fourth-order valence-corrected chi connectivity index (χ4v) is 2.63. The van der Waals surface area contributed by atoms with Gasteiger partial charge in [0.15, 0.2) is 5.69 Å². The quantitative estimate of drug-likeness (QED) is 0.831. The molecule has 2 bridgehead atoms. The van der Waals surface area contributed by atoms with E-state index in [1.54, 1.807) is 6.07 Å². The van der Waals surface area contributed by atoms with Gasteiger partial charge < -0.3 is 14.7 Å². The second-order valence-electron chi connectivity index (χ2n) is 4.54. The second kappa shape index (κ2) is 4.00. The summed E-state index contributed by atoms with van der Waals surface area (Å²) in [5.74, 6) is -0.973. The van der Waals surface area contributed by atoms with E-state index in [2.05, 4.69) is 9.88 Å². The molecule has 0 aliphatic carbocycles. The van der Waals surface area contributed by atoms with Gasteiger partial charge in [-0.1, -0.05) is 0 Å². The number of aromatic nitrogens is 1. The molecule has 0 aromatic carbocycles. The van der Waals surface area contributed by atoms with Crippen LogP contribution >= 0.6 is 0 Å². The summed E-state index contributed by atoms with van der Waals surface area (Å²) in [7, 11) is 0. The Morgan fingerprint density at radius 3 is 2.76 bits per heavy atom. The average molecular weight is 234 g/mol. The number of rotatable bonds is 2. The summed E-state index contributed by atoms with van der Waals surface area (Å²) in [5.41, 5.74) is 0.842. The maximum absolute atomic E-state index is 11.1. The molecule has 1 N–H and O–H groups in total. The number of anilines is 1. The number of fused-ring (bicyclic) bond motifs is 2. The lowest BCUT2D eigenvalue weighted by Crippen LogP contribution is -2.43. The molecule has 2 unspecified atom stereocenters. The first kappa shape index (κ1) is 10.5. The molecule has 1 aromatic rings. The standard InChI is InChI=1S/C12H14N2O3/c15-12(16)11-10(2-1-5-13-11)14-6-8-3-4-9(7-14)17-8/h1-2,5,8-9H,3-4,6-7H2,(H,15,16). The molecule has 0 amide bonds. The van der Waals surface area contributed by atoms with Crippen molar-refractivity contribution in [1.82, 2.24) is 4.98 Å². The van der Waals surface area contributed by atoms with Gasteiger partial charge >= 0.3 is 5.97 Å². The molecule has 0 spiro atoms. The summed E-state index contributed by atoms with van der Waals surface area (Å²) in [6.07, 6.45) is 4.15. The summed E-state index contributed by atoms with van der Waals surface area (Å²) in [6.45, 7) is 1.53. The predicted octanol–water partition coefficient (Wildman–Crippen LogP) is 1.15. The Hall–Kier alpha value is -1.62. The first-order chi connectivity index (χ1) is 8.24. The van der Waals surface area contributed by atoms with Gasteiger partial charge in [-0.15, -0.1) is 0 Å². The maximum Gasteiger partial charge on any atom is 0.356 e. The summed E-state index contributed by atoms with van der Waals surface area (Å²) in [6, 6.07) is 3.60. The fraction of sp³-hybridized carbons (Fsp3) is 0.500. The Balaban J connectivity index is 1.91. The molecule has 2 aliphatic rings. The third kappa shape index (κ3) is 1.86. The molecule has 2 aliphatic heterocycles. The van der Waals surface area contributed by atoms with E-state index < -0.39 is 5.97 Å². The van der Waals surface area contributed by atoms with Crippen LogP contribution in [0, 0.1) is 0 Å². The van der Waals surface area contributed by atoms with Crippen molar-refractivity contribution in [2.24, 2.45) is 0 Å². The van der Waals surface area contributed by atoms with Gasteiger partial charge in [0.1, 0.15) is 0 Å². The van der Waals surface area contributed by atoms with Crippen LogP contribution in [0.4, 0.5) is 5.69 Å². The number of carbonyl (C=O) groups is 1. The minimum atomic E-state index is -0.973. The third-order valence-corrected chi connectivity index (χ3v) is 3.37. The second-order valence-corrected chi connectivity index (χ2v) is 4.54. The van der Waals surface area contributed by atoms with Gasteiger partial charge in [-0.3, -0.25) is 0 Å². The molecule has 2 atom stereocenters. The highest BCUT2D eigenvalue weighted by Gasteiger charge is 2.35. The van der Waals surface area contributed by atoms with Gasteiger partial charge in [-0.05, 0) is 25.0 Å². The molecule has 17 heavy (non-hydrogen) atoms. The molecule has 3 rings (SSSR count). The number of pyridine rings is 1. The van der Waals surface area contributed by atoms with Crippen molar-refractivity contribution in [3.05, 3.63) is 24.0 Å². The Bertz CT molecular complexity index is 437. The molecular formula is C12H14N2O3. The van der Waals surface area contributed by atoms with Crippen LogP contribution in [0.25, 0.3) is 0 Å². The van der Waals surface area contributed by atoms with Gasteiger partial charge in [0.05, 0.1) is 17.9 Å². The number of morpholine rings is 1. The van der Waals surface area contributed by atoms with E-state index in [-0.39, 0.29) is 17.9 Å². The number of carboxylic acids is 1. The van der Waals surface area contributed by atoms with Gasteiger partial charge in [0, 0.05) is 19.3 Å². The van der Waals surface area contributed by atoms with Crippen molar-refractivity contribution >= 4 is 11.7 Å². The lowest BCUT2D eigenvalue weighted by atomic mass is 10.2. The van der Waals surface area contributed by atoms with Crippen LogP contribution in [-0.4, -0.2) is 41.4 Å². The van der Waals surface area contributed by atoms with Crippen molar-refractivity contribution in [2.75, 3.05) is 18.0 Å². The molecule has 2 fully saturated rings. The molecule has 5 nitrogen and oxygen atoms in total. The van der Waals surface area contributed by atoms with Gasteiger partial charge in [-0.2, -0.15) is 0 Å². The van der Waals surface area contributed by atoms with Crippen LogP contribution in [-0.2, 0) is 4.74 Å². The summed E-state index contributed by atoms with van der Waals surface area (Å²) in [5, 5.41) is 9.12. The minimum absolute atomic E-state index is 0.133. The molecule has 0 saturated carbocycles.